The predicted molar refractivity (Wildman–Crippen MR) is 48.4 cm³/mol. The van der Waals surface area contributed by atoms with Crippen LogP contribution in [0.15, 0.2) is 41.0 Å². The van der Waals surface area contributed by atoms with Crippen molar-refractivity contribution in [3.63, 3.8) is 0 Å². The lowest BCUT2D eigenvalue weighted by Gasteiger charge is -1.95. The summed E-state index contributed by atoms with van der Waals surface area (Å²) in [6.45, 7) is 0. The van der Waals surface area contributed by atoms with Crippen LogP contribution in [0, 0.1) is 6.07 Å². The van der Waals surface area contributed by atoms with Crippen molar-refractivity contribution in [2.24, 2.45) is 0 Å². The fourth-order valence-corrected chi connectivity index (χ4v) is 1.18. The molecule has 2 rings (SSSR count). The van der Waals surface area contributed by atoms with E-state index in [-0.39, 0.29) is 0 Å². The molecule has 1 radical (unpaired) electrons. The molecule has 0 saturated carbocycles. The van der Waals surface area contributed by atoms with Crippen molar-refractivity contribution >= 4 is 6.29 Å². The number of carbonyl (C=O) groups is 1. The largest absolute Gasteiger partial charge is 0.464 e. The average Bonchev–Trinajstić information content (AvgIpc) is 2.67. The van der Waals surface area contributed by atoms with E-state index in [1.54, 1.807) is 18.2 Å². The van der Waals surface area contributed by atoms with Crippen molar-refractivity contribution in [1.29, 1.82) is 0 Å². The lowest BCUT2D eigenvalue weighted by molar-refractivity contribution is 0.112. The Bertz CT molecular complexity index is 401. The molecule has 0 unspecified atom stereocenters. The van der Waals surface area contributed by atoms with Gasteiger partial charge in [-0.3, -0.25) is 4.79 Å². The fourth-order valence-electron chi connectivity index (χ4n) is 1.18. The Morgan fingerprint density at radius 1 is 1.38 bits per heavy atom. The highest BCUT2D eigenvalue weighted by atomic mass is 16.3. The highest BCUT2D eigenvalue weighted by Crippen LogP contribution is 2.22. The van der Waals surface area contributed by atoms with Crippen LogP contribution in [0.3, 0.4) is 0 Å². The highest BCUT2D eigenvalue weighted by Gasteiger charge is 2.06. The van der Waals surface area contributed by atoms with Gasteiger partial charge in [-0.15, -0.1) is 0 Å². The third kappa shape index (κ3) is 1.38. The molecule has 2 nitrogen and oxygen atoms in total. The molecule has 13 heavy (non-hydrogen) atoms. The first-order chi connectivity index (χ1) is 6.42. The van der Waals surface area contributed by atoms with Gasteiger partial charge in [0.1, 0.15) is 5.76 Å². The number of hydrogen-bond acceptors (Lipinski definition) is 2. The molecule has 0 spiro atoms. The maximum atomic E-state index is 10.6. The molecule has 0 aliphatic heterocycles. The summed E-state index contributed by atoms with van der Waals surface area (Å²) < 4.78 is 5.19. The van der Waals surface area contributed by atoms with E-state index in [1.807, 2.05) is 12.1 Å². The van der Waals surface area contributed by atoms with Crippen LogP contribution in [0.4, 0.5) is 0 Å². The summed E-state index contributed by atoms with van der Waals surface area (Å²) in [5.41, 5.74) is 1.44. The van der Waals surface area contributed by atoms with Gasteiger partial charge in [0.05, 0.1) is 11.8 Å². The number of benzene rings is 1. The summed E-state index contributed by atoms with van der Waals surface area (Å²) in [7, 11) is 0. The molecule has 0 fully saturated rings. The molecule has 2 heteroatoms. The van der Waals surface area contributed by atoms with Gasteiger partial charge < -0.3 is 4.42 Å². The topological polar surface area (TPSA) is 30.2 Å². The second-order valence-electron chi connectivity index (χ2n) is 2.62. The third-order valence-corrected chi connectivity index (χ3v) is 1.79. The zero-order valence-corrected chi connectivity index (χ0v) is 6.86. The van der Waals surface area contributed by atoms with Gasteiger partial charge >= 0.3 is 0 Å². The first-order valence-corrected chi connectivity index (χ1v) is 3.91. The van der Waals surface area contributed by atoms with Gasteiger partial charge in [-0.05, 0) is 18.2 Å². The second kappa shape index (κ2) is 3.27. The van der Waals surface area contributed by atoms with Crippen LogP contribution >= 0.6 is 0 Å². The number of aldehydes is 1. The summed E-state index contributed by atoms with van der Waals surface area (Å²) in [6.07, 6.45) is 2.29. The Morgan fingerprint density at radius 2 is 2.31 bits per heavy atom. The standard InChI is InChI=1S/C11H7O2/c12-8-10-6-7-13-11(10)9-4-2-1-3-5-9/h1-2,4-8H. The van der Waals surface area contributed by atoms with Crippen LogP contribution < -0.4 is 0 Å². The van der Waals surface area contributed by atoms with E-state index < -0.39 is 0 Å². The smallest absolute Gasteiger partial charge is 0.153 e. The van der Waals surface area contributed by atoms with Gasteiger partial charge in [0.2, 0.25) is 0 Å². The van der Waals surface area contributed by atoms with Gasteiger partial charge in [0, 0.05) is 5.56 Å². The summed E-state index contributed by atoms with van der Waals surface area (Å²) in [4.78, 5) is 10.6. The van der Waals surface area contributed by atoms with Gasteiger partial charge in [0.15, 0.2) is 6.29 Å². The van der Waals surface area contributed by atoms with Crippen LogP contribution in [0.25, 0.3) is 11.3 Å². The molecular formula is C11H7O2. The zero-order chi connectivity index (χ0) is 9.10. The quantitative estimate of drug-likeness (QED) is 0.650. The number of rotatable bonds is 2. The van der Waals surface area contributed by atoms with E-state index in [0.29, 0.717) is 11.3 Å². The van der Waals surface area contributed by atoms with Crippen molar-refractivity contribution in [3.05, 3.63) is 48.2 Å². The Balaban J connectivity index is 2.52. The van der Waals surface area contributed by atoms with Crippen LogP contribution in [-0.2, 0) is 0 Å². The first-order valence-electron chi connectivity index (χ1n) is 3.91. The first kappa shape index (κ1) is 7.80. The molecule has 0 aliphatic carbocycles. The van der Waals surface area contributed by atoms with E-state index >= 15 is 0 Å². The zero-order valence-electron chi connectivity index (χ0n) is 6.86. The number of carbonyl (C=O) groups excluding carboxylic acids is 1. The van der Waals surface area contributed by atoms with E-state index in [2.05, 4.69) is 6.07 Å². The molecule has 0 aliphatic rings. The van der Waals surface area contributed by atoms with E-state index in [9.17, 15) is 4.79 Å². The molecule has 2 aromatic rings. The summed E-state index contributed by atoms with van der Waals surface area (Å²) in [5, 5.41) is 0. The molecule has 63 valence electrons. The Kier molecular flexibility index (Phi) is 1.96. The van der Waals surface area contributed by atoms with Crippen LogP contribution in [-0.4, -0.2) is 6.29 Å². The molecule has 0 atom stereocenters. The Morgan fingerprint density at radius 3 is 3.00 bits per heavy atom. The van der Waals surface area contributed by atoms with E-state index in [0.717, 1.165) is 11.8 Å². The van der Waals surface area contributed by atoms with Gasteiger partial charge in [-0.2, -0.15) is 0 Å². The van der Waals surface area contributed by atoms with Crippen LogP contribution in [0.5, 0.6) is 0 Å². The van der Waals surface area contributed by atoms with Crippen LogP contribution in [0.2, 0.25) is 0 Å². The SMILES string of the molecule is O=Cc1ccoc1-c1c[c]ccc1. The molecule has 1 heterocycles. The van der Waals surface area contributed by atoms with Gasteiger partial charge in [0.25, 0.3) is 0 Å². The lowest BCUT2D eigenvalue weighted by atomic mass is 10.1. The molecule has 0 saturated heterocycles. The molecule has 0 amide bonds. The van der Waals surface area contributed by atoms with Crippen LogP contribution in [0.1, 0.15) is 10.4 Å². The maximum absolute atomic E-state index is 10.6. The second-order valence-corrected chi connectivity index (χ2v) is 2.62. The minimum Gasteiger partial charge on any atom is -0.464 e. The minimum absolute atomic E-state index is 0.569. The predicted octanol–water partition coefficient (Wildman–Crippen LogP) is 2.56. The normalized spacial score (nSPS) is 9.85. The van der Waals surface area contributed by atoms with Crippen molar-refractivity contribution < 1.29 is 9.21 Å². The number of hydrogen-bond donors (Lipinski definition) is 0. The lowest BCUT2D eigenvalue weighted by Crippen LogP contribution is -1.80. The van der Waals surface area contributed by atoms with Crippen molar-refractivity contribution in [2.45, 2.75) is 0 Å². The van der Waals surface area contributed by atoms with Gasteiger partial charge in [-0.25, -0.2) is 0 Å². The molecule has 1 aromatic heterocycles. The average molecular weight is 171 g/mol. The third-order valence-electron chi connectivity index (χ3n) is 1.79. The van der Waals surface area contributed by atoms with Crippen molar-refractivity contribution in [3.8, 4) is 11.3 Å². The Hall–Kier alpha value is -1.83. The van der Waals surface area contributed by atoms with Crippen molar-refractivity contribution in [2.75, 3.05) is 0 Å². The van der Waals surface area contributed by atoms with Crippen molar-refractivity contribution in [1.82, 2.24) is 0 Å². The monoisotopic (exact) mass is 171 g/mol. The minimum atomic E-state index is 0.569. The summed E-state index contributed by atoms with van der Waals surface area (Å²) >= 11 is 0. The van der Waals surface area contributed by atoms with Gasteiger partial charge in [-0.1, -0.05) is 18.2 Å². The molecular weight excluding hydrogens is 164 g/mol. The molecule has 1 aromatic carbocycles. The molecule has 0 bridgehead atoms. The Labute approximate surface area is 75.8 Å². The number of furan rings is 1. The summed E-state index contributed by atoms with van der Waals surface area (Å²) in [5.74, 6) is 0.604. The maximum Gasteiger partial charge on any atom is 0.153 e. The van der Waals surface area contributed by atoms with E-state index in [1.165, 1.54) is 6.26 Å². The van der Waals surface area contributed by atoms with E-state index in [4.69, 9.17) is 4.42 Å². The molecule has 0 N–H and O–H groups in total. The summed E-state index contributed by atoms with van der Waals surface area (Å²) in [6, 6.07) is 11.9. The highest BCUT2D eigenvalue weighted by molar-refractivity contribution is 5.84. The fraction of sp³-hybridized carbons (Fsp3) is 0.